The quantitative estimate of drug-likeness (QED) is 0.511. The summed E-state index contributed by atoms with van der Waals surface area (Å²) in [6.45, 7) is 0.710. The van der Waals surface area contributed by atoms with E-state index < -0.39 is 0 Å². The first-order valence-corrected chi connectivity index (χ1v) is 8.56. The third kappa shape index (κ3) is 2.87. The molecule has 20 heavy (non-hydrogen) atoms. The third-order valence-electron chi connectivity index (χ3n) is 3.23. The summed E-state index contributed by atoms with van der Waals surface area (Å²) in [4.78, 5) is -0.0111. The van der Waals surface area contributed by atoms with Gasteiger partial charge in [0.25, 0.3) is 0 Å². The van der Waals surface area contributed by atoms with Gasteiger partial charge in [0.05, 0.1) is 11.4 Å². The van der Waals surface area contributed by atoms with Crippen LogP contribution in [0.3, 0.4) is 0 Å². The van der Waals surface area contributed by atoms with E-state index in [-0.39, 0.29) is 4.83 Å². The molecule has 0 bridgehead atoms. The van der Waals surface area contributed by atoms with Gasteiger partial charge in [-0.1, -0.05) is 55.1 Å². The number of alkyl halides is 1. The fourth-order valence-corrected chi connectivity index (χ4v) is 4.13. The maximum absolute atomic E-state index is 6.21. The highest BCUT2D eigenvalue weighted by Crippen LogP contribution is 2.43. The Morgan fingerprint density at radius 3 is 2.55 bits per heavy atom. The van der Waals surface area contributed by atoms with Crippen LogP contribution in [-0.2, 0) is 6.42 Å². The van der Waals surface area contributed by atoms with Gasteiger partial charge in [-0.2, -0.15) is 0 Å². The van der Waals surface area contributed by atoms with Crippen molar-refractivity contribution in [3.63, 3.8) is 0 Å². The second kappa shape index (κ2) is 5.88. The summed E-state index contributed by atoms with van der Waals surface area (Å²) in [5, 5.41) is 1.42. The number of benzene rings is 2. The molecule has 3 rings (SSSR count). The zero-order chi connectivity index (χ0) is 14.3. The Kier molecular flexibility index (Phi) is 4.32. The van der Waals surface area contributed by atoms with Crippen LogP contribution >= 0.6 is 55.1 Å². The maximum Gasteiger partial charge on any atom is 0.127 e. The van der Waals surface area contributed by atoms with Crippen molar-refractivity contribution in [3.05, 3.63) is 61.5 Å². The average Bonchev–Trinajstić information content (AvgIpc) is 2.83. The van der Waals surface area contributed by atoms with E-state index in [0.717, 1.165) is 38.4 Å². The highest BCUT2D eigenvalue weighted by atomic mass is 79.9. The van der Waals surface area contributed by atoms with Crippen LogP contribution in [0.25, 0.3) is 0 Å². The second-order valence-corrected chi connectivity index (χ2v) is 7.35. The monoisotopic (exact) mass is 434 g/mol. The zero-order valence-corrected chi connectivity index (χ0v) is 15.0. The lowest BCUT2D eigenvalue weighted by atomic mass is 10.0. The lowest BCUT2D eigenvalue weighted by Gasteiger charge is -2.16. The number of rotatable bonds is 2. The van der Waals surface area contributed by atoms with Gasteiger partial charge >= 0.3 is 0 Å². The predicted molar refractivity (Wildman–Crippen MR) is 90.6 cm³/mol. The van der Waals surface area contributed by atoms with Gasteiger partial charge in [0.1, 0.15) is 5.75 Å². The molecule has 1 nitrogen and oxygen atoms in total. The molecule has 104 valence electrons. The van der Waals surface area contributed by atoms with Crippen molar-refractivity contribution in [2.24, 2.45) is 0 Å². The molecular formula is C15H10Br2Cl2O. The molecule has 2 aromatic rings. The molecule has 1 unspecified atom stereocenters. The molecule has 5 heteroatoms. The van der Waals surface area contributed by atoms with Crippen molar-refractivity contribution in [1.29, 1.82) is 0 Å². The molecule has 0 N–H and O–H groups in total. The topological polar surface area (TPSA) is 9.23 Å². The molecule has 1 aliphatic heterocycles. The lowest BCUT2D eigenvalue weighted by molar-refractivity contribution is 0.354. The smallest absolute Gasteiger partial charge is 0.127 e. The van der Waals surface area contributed by atoms with Crippen LogP contribution in [-0.4, -0.2) is 6.61 Å². The third-order valence-corrected chi connectivity index (χ3v) is 5.14. The molecule has 0 amide bonds. The Bertz CT molecular complexity index is 653. The van der Waals surface area contributed by atoms with Crippen molar-refractivity contribution < 1.29 is 4.74 Å². The van der Waals surface area contributed by atoms with Gasteiger partial charge in [-0.25, -0.2) is 0 Å². The number of fused-ring (bicyclic) bond motifs is 1. The van der Waals surface area contributed by atoms with Crippen LogP contribution in [0.5, 0.6) is 5.75 Å². The molecule has 0 aromatic heterocycles. The van der Waals surface area contributed by atoms with Crippen LogP contribution < -0.4 is 4.74 Å². The molecule has 1 aliphatic rings. The summed E-state index contributed by atoms with van der Waals surface area (Å²) >= 11 is 19.5. The Morgan fingerprint density at radius 1 is 1.05 bits per heavy atom. The van der Waals surface area contributed by atoms with Gasteiger partial charge in [-0.15, -0.1) is 0 Å². The van der Waals surface area contributed by atoms with Crippen molar-refractivity contribution in [2.45, 2.75) is 11.2 Å². The number of halogens is 4. The molecule has 1 heterocycles. The molecule has 0 radical (unpaired) electrons. The minimum atomic E-state index is -0.0111. The summed E-state index contributed by atoms with van der Waals surface area (Å²) in [7, 11) is 0. The van der Waals surface area contributed by atoms with Crippen LogP contribution in [0.2, 0.25) is 10.0 Å². The second-order valence-electron chi connectivity index (χ2n) is 4.65. The normalized spacial score (nSPS) is 14.8. The first-order chi connectivity index (χ1) is 9.54. The highest BCUT2D eigenvalue weighted by molar-refractivity contribution is 9.10. The standard InChI is InChI=1S/C15H10Br2Cl2O/c16-10-3-9(5-11(18)6-10)14(17)13-7-12(19)4-8-1-2-20-15(8)13/h3-7,14H,1-2H2. The van der Waals surface area contributed by atoms with E-state index in [9.17, 15) is 0 Å². The zero-order valence-electron chi connectivity index (χ0n) is 10.3. The minimum absolute atomic E-state index is 0.0111. The van der Waals surface area contributed by atoms with E-state index >= 15 is 0 Å². The Balaban J connectivity index is 2.08. The molecule has 0 saturated heterocycles. The van der Waals surface area contributed by atoms with Crippen molar-refractivity contribution in [3.8, 4) is 5.75 Å². The van der Waals surface area contributed by atoms with E-state index in [1.165, 1.54) is 0 Å². The van der Waals surface area contributed by atoms with Crippen LogP contribution in [0.15, 0.2) is 34.8 Å². The van der Waals surface area contributed by atoms with Crippen LogP contribution in [0, 0.1) is 0 Å². The summed E-state index contributed by atoms with van der Waals surface area (Å²) in [5.41, 5.74) is 3.27. The van der Waals surface area contributed by atoms with Gasteiger partial charge in [0.2, 0.25) is 0 Å². The Labute approximate surface area is 144 Å². The average molecular weight is 437 g/mol. The summed E-state index contributed by atoms with van der Waals surface area (Å²) < 4.78 is 6.70. The largest absolute Gasteiger partial charge is 0.493 e. The van der Waals surface area contributed by atoms with E-state index in [1.54, 1.807) is 0 Å². The van der Waals surface area contributed by atoms with Crippen molar-refractivity contribution >= 4 is 55.1 Å². The molecule has 2 aromatic carbocycles. The minimum Gasteiger partial charge on any atom is -0.493 e. The van der Waals surface area contributed by atoms with Gasteiger partial charge in [0, 0.05) is 26.5 Å². The predicted octanol–water partition coefficient (Wildman–Crippen LogP) is 6.18. The number of ether oxygens (including phenoxy) is 1. The van der Waals surface area contributed by atoms with Gasteiger partial charge in [-0.05, 0) is 41.5 Å². The van der Waals surface area contributed by atoms with Crippen LogP contribution in [0.1, 0.15) is 21.5 Å². The molecule has 0 spiro atoms. The lowest BCUT2D eigenvalue weighted by Crippen LogP contribution is -1.97. The van der Waals surface area contributed by atoms with Gasteiger partial charge in [-0.3, -0.25) is 0 Å². The molecule has 0 aliphatic carbocycles. The van der Waals surface area contributed by atoms with Crippen LogP contribution in [0.4, 0.5) is 0 Å². The highest BCUT2D eigenvalue weighted by Gasteiger charge is 2.23. The molecule has 0 fully saturated rings. The SMILES string of the molecule is Clc1cc(Br)cc(C(Br)c2cc(Cl)cc3c2OCC3)c1. The summed E-state index contributed by atoms with van der Waals surface area (Å²) in [5.74, 6) is 0.937. The first kappa shape index (κ1) is 14.7. The van der Waals surface area contributed by atoms with Crippen molar-refractivity contribution in [1.82, 2.24) is 0 Å². The van der Waals surface area contributed by atoms with Crippen molar-refractivity contribution in [2.75, 3.05) is 6.61 Å². The molecule has 1 atom stereocenters. The maximum atomic E-state index is 6.21. The number of hydrogen-bond acceptors (Lipinski definition) is 1. The van der Waals surface area contributed by atoms with E-state index in [1.807, 2.05) is 30.3 Å². The molecular weight excluding hydrogens is 427 g/mol. The summed E-state index contributed by atoms with van der Waals surface area (Å²) in [6.07, 6.45) is 0.905. The fourth-order valence-electron chi connectivity index (χ4n) is 2.39. The Morgan fingerprint density at radius 2 is 1.80 bits per heavy atom. The summed E-state index contributed by atoms with van der Waals surface area (Å²) in [6, 6.07) is 9.76. The van der Waals surface area contributed by atoms with Gasteiger partial charge < -0.3 is 4.74 Å². The van der Waals surface area contributed by atoms with E-state index in [4.69, 9.17) is 27.9 Å². The Hall–Kier alpha value is -0.220. The number of hydrogen-bond donors (Lipinski definition) is 0. The van der Waals surface area contributed by atoms with Gasteiger partial charge in [0.15, 0.2) is 0 Å². The van der Waals surface area contributed by atoms with E-state index in [2.05, 4.69) is 31.9 Å². The first-order valence-electron chi connectivity index (χ1n) is 6.10. The fraction of sp³-hybridized carbons (Fsp3) is 0.200. The molecule has 0 saturated carbocycles. The van der Waals surface area contributed by atoms with E-state index in [0.29, 0.717) is 11.6 Å².